The molecular weight excluding hydrogens is 424 g/mol. The van der Waals surface area contributed by atoms with Crippen molar-refractivity contribution in [1.29, 1.82) is 0 Å². The summed E-state index contributed by atoms with van der Waals surface area (Å²) in [4.78, 5) is 30.5. The summed E-state index contributed by atoms with van der Waals surface area (Å²) in [5, 5.41) is 0. The monoisotopic (exact) mass is 446 g/mol. The molecule has 0 aliphatic heterocycles. The van der Waals surface area contributed by atoms with Crippen molar-refractivity contribution in [3.63, 3.8) is 0 Å². The maximum Gasteiger partial charge on any atom is 0.325 e. The number of hydrogen-bond donors (Lipinski definition) is 0. The number of ether oxygens (including phenoxy) is 3. The van der Waals surface area contributed by atoms with Crippen LogP contribution >= 0.6 is 23.1 Å². The van der Waals surface area contributed by atoms with E-state index in [9.17, 15) is 9.59 Å². The number of aromatic nitrogens is 1. The zero-order valence-corrected chi connectivity index (χ0v) is 18.8. The number of carbonyl (C=O) groups is 2. The van der Waals surface area contributed by atoms with E-state index in [1.165, 1.54) is 18.4 Å². The molecule has 3 aromatic rings. The molecule has 0 atom stereocenters. The van der Waals surface area contributed by atoms with Crippen molar-refractivity contribution in [2.24, 2.45) is 4.99 Å². The SMILES string of the molecule is COC(=O)Cn1c(=NC(=O)Cc2ccc(SC)cc2)sc2c(OC)ccc(OC)c21. The molecule has 7 nitrogen and oxygen atoms in total. The highest BCUT2D eigenvalue weighted by Crippen LogP contribution is 2.35. The number of thioether (sulfide) groups is 1. The molecule has 1 heterocycles. The van der Waals surface area contributed by atoms with Gasteiger partial charge in [-0.25, -0.2) is 0 Å². The summed E-state index contributed by atoms with van der Waals surface area (Å²) in [6.07, 6.45) is 2.16. The highest BCUT2D eigenvalue weighted by atomic mass is 32.2. The van der Waals surface area contributed by atoms with Crippen LogP contribution in [-0.2, 0) is 27.3 Å². The van der Waals surface area contributed by atoms with Gasteiger partial charge in [-0.3, -0.25) is 9.59 Å². The van der Waals surface area contributed by atoms with Crippen LogP contribution in [0.25, 0.3) is 10.2 Å². The zero-order valence-electron chi connectivity index (χ0n) is 17.1. The Balaban J connectivity index is 2.09. The van der Waals surface area contributed by atoms with Crippen LogP contribution in [0.5, 0.6) is 11.5 Å². The van der Waals surface area contributed by atoms with E-state index >= 15 is 0 Å². The van der Waals surface area contributed by atoms with Gasteiger partial charge in [0.05, 0.1) is 27.8 Å². The number of carbonyl (C=O) groups excluding carboxylic acids is 2. The smallest absolute Gasteiger partial charge is 0.325 e. The van der Waals surface area contributed by atoms with Crippen LogP contribution in [0.3, 0.4) is 0 Å². The molecule has 0 saturated heterocycles. The van der Waals surface area contributed by atoms with Crippen molar-refractivity contribution in [3.8, 4) is 11.5 Å². The van der Waals surface area contributed by atoms with Gasteiger partial charge in [0.2, 0.25) is 0 Å². The fraction of sp³-hybridized carbons (Fsp3) is 0.286. The molecule has 0 spiro atoms. The third-order valence-electron chi connectivity index (χ3n) is 4.44. The van der Waals surface area contributed by atoms with Gasteiger partial charge in [-0.2, -0.15) is 4.99 Å². The first-order valence-electron chi connectivity index (χ1n) is 9.02. The average molecular weight is 447 g/mol. The summed E-state index contributed by atoms with van der Waals surface area (Å²) >= 11 is 2.90. The Kier molecular flexibility index (Phi) is 7.17. The molecule has 0 radical (unpaired) electrons. The van der Waals surface area contributed by atoms with E-state index in [-0.39, 0.29) is 18.9 Å². The van der Waals surface area contributed by atoms with E-state index < -0.39 is 5.97 Å². The molecule has 1 amide bonds. The second-order valence-corrected chi connectivity index (χ2v) is 8.08. The summed E-state index contributed by atoms with van der Waals surface area (Å²) in [7, 11) is 4.42. The average Bonchev–Trinajstić information content (AvgIpc) is 3.11. The topological polar surface area (TPSA) is 79.1 Å². The van der Waals surface area contributed by atoms with Gasteiger partial charge in [0.25, 0.3) is 5.91 Å². The summed E-state index contributed by atoms with van der Waals surface area (Å²) in [6, 6.07) is 11.3. The Morgan fingerprint density at radius 2 is 1.70 bits per heavy atom. The molecule has 0 unspecified atom stereocenters. The quantitative estimate of drug-likeness (QED) is 0.409. The second-order valence-electron chi connectivity index (χ2n) is 6.23. The number of nitrogens with zero attached hydrogens (tertiary/aromatic N) is 2. The lowest BCUT2D eigenvalue weighted by atomic mass is 10.1. The number of amides is 1. The van der Waals surface area contributed by atoms with Gasteiger partial charge in [0.1, 0.15) is 28.3 Å². The van der Waals surface area contributed by atoms with Crippen molar-refractivity contribution in [1.82, 2.24) is 4.57 Å². The number of rotatable bonds is 7. The van der Waals surface area contributed by atoms with Crippen LogP contribution < -0.4 is 14.3 Å². The summed E-state index contributed by atoms with van der Waals surface area (Å²) < 4.78 is 18.1. The maximum atomic E-state index is 12.7. The van der Waals surface area contributed by atoms with E-state index in [4.69, 9.17) is 14.2 Å². The van der Waals surface area contributed by atoms with Crippen LogP contribution in [-0.4, -0.2) is 44.0 Å². The van der Waals surface area contributed by atoms with Crippen LogP contribution in [0.1, 0.15) is 5.56 Å². The maximum absolute atomic E-state index is 12.7. The Morgan fingerprint density at radius 3 is 2.30 bits per heavy atom. The highest BCUT2D eigenvalue weighted by Gasteiger charge is 2.18. The van der Waals surface area contributed by atoms with Crippen molar-refractivity contribution in [3.05, 3.63) is 46.8 Å². The van der Waals surface area contributed by atoms with Crippen LogP contribution in [0.2, 0.25) is 0 Å². The molecular formula is C21H22N2O5S2. The third kappa shape index (κ3) is 4.68. The number of hydrogen-bond acceptors (Lipinski definition) is 7. The van der Waals surface area contributed by atoms with Gasteiger partial charge >= 0.3 is 5.97 Å². The largest absolute Gasteiger partial charge is 0.495 e. The fourth-order valence-electron chi connectivity index (χ4n) is 2.94. The number of fused-ring (bicyclic) bond motifs is 1. The normalized spacial score (nSPS) is 11.5. The van der Waals surface area contributed by atoms with Crippen molar-refractivity contribution in [2.75, 3.05) is 27.6 Å². The molecule has 0 N–H and O–H groups in total. The minimum Gasteiger partial charge on any atom is -0.495 e. The standard InChI is InChI=1S/C21H22N2O5S2/c1-26-15-9-10-16(27-2)20-19(15)23(12-18(25)28-3)21(30-20)22-17(24)11-13-5-7-14(29-4)8-6-13/h5-10H,11-12H2,1-4H3. The van der Waals surface area contributed by atoms with Gasteiger partial charge < -0.3 is 18.8 Å². The van der Waals surface area contributed by atoms with E-state index in [1.54, 1.807) is 42.7 Å². The molecule has 0 aliphatic carbocycles. The van der Waals surface area contributed by atoms with E-state index in [2.05, 4.69) is 4.99 Å². The van der Waals surface area contributed by atoms with Gasteiger partial charge in [-0.1, -0.05) is 23.5 Å². The number of thiazole rings is 1. The number of benzene rings is 2. The molecule has 0 aliphatic rings. The molecule has 0 saturated carbocycles. The second kappa shape index (κ2) is 9.82. The Hall–Kier alpha value is -2.78. The van der Waals surface area contributed by atoms with Crippen molar-refractivity contribution in [2.45, 2.75) is 17.9 Å². The lowest BCUT2D eigenvalue weighted by Gasteiger charge is -2.09. The van der Waals surface area contributed by atoms with Crippen LogP contribution in [0.4, 0.5) is 0 Å². The molecule has 158 valence electrons. The summed E-state index contributed by atoms with van der Waals surface area (Å²) in [6.45, 7) is -0.103. The molecule has 0 fully saturated rings. The van der Waals surface area contributed by atoms with Gasteiger partial charge in [-0.05, 0) is 36.1 Å². The van der Waals surface area contributed by atoms with E-state index in [0.29, 0.717) is 21.8 Å². The Morgan fingerprint density at radius 1 is 1.03 bits per heavy atom. The zero-order chi connectivity index (χ0) is 21.7. The van der Waals surface area contributed by atoms with Crippen LogP contribution in [0, 0.1) is 0 Å². The third-order valence-corrected chi connectivity index (χ3v) is 6.28. The molecule has 9 heteroatoms. The van der Waals surface area contributed by atoms with E-state index in [0.717, 1.165) is 15.2 Å². The minimum absolute atomic E-state index is 0.103. The molecule has 30 heavy (non-hydrogen) atoms. The molecule has 1 aromatic heterocycles. The fourth-order valence-corrected chi connectivity index (χ4v) is 4.51. The van der Waals surface area contributed by atoms with Gasteiger partial charge in [-0.15, -0.1) is 11.8 Å². The number of methoxy groups -OCH3 is 3. The Labute approximate surface area is 182 Å². The van der Waals surface area contributed by atoms with Gasteiger partial charge in [0.15, 0.2) is 4.80 Å². The molecule has 2 aromatic carbocycles. The summed E-state index contributed by atoms with van der Waals surface area (Å²) in [5.74, 6) is 0.389. The highest BCUT2D eigenvalue weighted by molar-refractivity contribution is 7.98. The predicted octanol–water partition coefficient (Wildman–Crippen LogP) is 3.28. The Bertz CT molecular complexity index is 1130. The lowest BCUT2D eigenvalue weighted by molar-refractivity contribution is -0.141. The first-order valence-corrected chi connectivity index (χ1v) is 11.1. The van der Waals surface area contributed by atoms with E-state index in [1.807, 2.05) is 30.5 Å². The lowest BCUT2D eigenvalue weighted by Crippen LogP contribution is -2.23. The minimum atomic E-state index is -0.457. The van der Waals surface area contributed by atoms with Gasteiger partial charge in [0, 0.05) is 4.90 Å². The number of esters is 1. The van der Waals surface area contributed by atoms with Crippen molar-refractivity contribution < 1.29 is 23.8 Å². The molecule has 0 bridgehead atoms. The van der Waals surface area contributed by atoms with Crippen LogP contribution in [0.15, 0.2) is 46.3 Å². The molecule has 3 rings (SSSR count). The first-order chi connectivity index (χ1) is 14.5. The predicted molar refractivity (Wildman–Crippen MR) is 117 cm³/mol. The first kappa shape index (κ1) is 21.9. The summed E-state index contributed by atoms with van der Waals surface area (Å²) in [5.41, 5.74) is 1.50. The van der Waals surface area contributed by atoms with Crippen molar-refractivity contribution >= 4 is 45.2 Å².